The van der Waals surface area contributed by atoms with Crippen LogP contribution in [-0.4, -0.2) is 41.6 Å². The molecule has 1 aromatic heterocycles. The summed E-state index contributed by atoms with van der Waals surface area (Å²) in [5.74, 6) is 0.874. The molecular weight excluding hydrogens is 206 g/mol. The van der Waals surface area contributed by atoms with Crippen LogP contribution in [0.25, 0.3) is 0 Å². The number of carbonyl (C=O) groups is 1. The van der Waals surface area contributed by atoms with E-state index < -0.39 is 0 Å². The van der Waals surface area contributed by atoms with Gasteiger partial charge in [0.25, 0.3) is 0 Å². The summed E-state index contributed by atoms with van der Waals surface area (Å²) >= 11 is 0. The van der Waals surface area contributed by atoms with E-state index in [2.05, 4.69) is 17.4 Å². The number of rotatable bonds is 2. The monoisotopic (exact) mass is 223 g/mol. The van der Waals surface area contributed by atoms with Crippen molar-refractivity contribution < 1.29 is 9.32 Å². The molecule has 0 saturated carbocycles. The van der Waals surface area contributed by atoms with Gasteiger partial charge in [-0.15, -0.1) is 0 Å². The first kappa shape index (κ1) is 11.1. The Morgan fingerprint density at radius 1 is 1.75 bits per heavy atom. The Bertz CT molecular complexity index is 375. The number of amides is 1. The van der Waals surface area contributed by atoms with Gasteiger partial charge in [-0.05, 0) is 13.8 Å². The van der Waals surface area contributed by atoms with Gasteiger partial charge < -0.3 is 14.7 Å². The first-order valence-corrected chi connectivity index (χ1v) is 5.59. The van der Waals surface area contributed by atoms with Crippen LogP contribution < -0.4 is 5.32 Å². The molecule has 1 saturated heterocycles. The highest BCUT2D eigenvalue weighted by atomic mass is 16.5. The van der Waals surface area contributed by atoms with Crippen molar-refractivity contribution in [3.63, 3.8) is 0 Å². The highest BCUT2D eigenvalue weighted by Gasteiger charge is 2.23. The fourth-order valence-electron chi connectivity index (χ4n) is 1.97. The standard InChI is InChI=1S/C11H17N3O2/c1-8-7-12-3-4-14(8)11(15)6-10-5-9(2)16-13-10/h5,8,12H,3-4,6-7H2,1-2H3/t8-/m0/s1. The molecule has 0 spiro atoms. The van der Waals surface area contributed by atoms with Crippen LogP contribution in [0.3, 0.4) is 0 Å². The average molecular weight is 223 g/mol. The van der Waals surface area contributed by atoms with Gasteiger partial charge >= 0.3 is 0 Å². The zero-order valence-corrected chi connectivity index (χ0v) is 9.69. The molecule has 5 nitrogen and oxygen atoms in total. The molecule has 1 atom stereocenters. The molecule has 1 aromatic rings. The zero-order chi connectivity index (χ0) is 11.5. The van der Waals surface area contributed by atoms with Crippen LogP contribution >= 0.6 is 0 Å². The van der Waals surface area contributed by atoms with E-state index in [-0.39, 0.29) is 11.9 Å². The largest absolute Gasteiger partial charge is 0.361 e. The Kier molecular flexibility index (Phi) is 3.24. The number of hydrogen-bond donors (Lipinski definition) is 1. The predicted molar refractivity (Wildman–Crippen MR) is 59.0 cm³/mol. The fraction of sp³-hybridized carbons (Fsp3) is 0.636. The number of nitrogens with zero attached hydrogens (tertiary/aromatic N) is 2. The van der Waals surface area contributed by atoms with Gasteiger partial charge in [-0.2, -0.15) is 0 Å². The first-order chi connectivity index (χ1) is 7.66. The van der Waals surface area contributed by atoms with Crippen LogP contribution in [0.1, 0.15) is 18.4 Å². The normalized spacial score (nSPS) is 21.1. The Hall–Kier alpha value is -1.36. The Morgan fingerprint density at radius 2 is 2.56 bits per heavy atom. The van der Waals surface area contributed by atoms with Crippen molar-refractivity contribution in [1.82, 2.24) is 15.4 Å². The van der Waals surface area contributed by atoms with Crippen molar-refractivity contribution in [2.24, 2.45) is 0 Å². The predicted octanol–water partition coefficient (Wildman–Crippen LogP) is 0.346. The lowest BCUT2D eigenvalue weighted by Crippen LogP contribution is -2.52. The maximum absolute atomic E-state index is 12.0. The van der Waals surface area contributed by atoms with Crippen molar-refractivity contribution in [2.45, 2.75) is 26.3 Å². The van der Waals surface area contributed by atoms with Crippen LogP contribution in [0.15, 0.2) is 10.6 Å². The summed E-state index contributed by atoms with van der Waals surface area (Å²) in [5.41, 5.74) is 0.716. The van der Waals surface area contributed by atoms with Crippen LogP contribution in [0, 0.1) is 6.92 Å². The van der Waals surface area contributed by atoms with Crippen LogP contribution in [-0.2, 0) is 11.2 Å². The molecule has 0 radical (unpaired) electrons. The number of piperazine rings is 1. The van der Waals surface area contributed by atoms with Gasteiger partial charge in [0.05, 0.1) is 12.1 Å². The molecule has 0 aromatic carbocycles. The highest BCUT2D eigenvalue weighted by molar-refractivity contribution is 5.78. The number of aromatic nitrogens is 1. The van der Waals surface area contributed by atoms with Gasteiger partial charge in [-0.1, -0.05) is 5.16 Å². The van der Waals surface area contributed by atoms with E-state index in [4.69, 9.17) is 4.52 Å². The van der Waals surface area contributed by atoms with E-state index >= 15 is 0 Å². The van der Waals surface area contributed by atoms with Gasteiger partial charge in [-0.25, -0.2) is 0 Å². The summed E-state index contributed by atoms with van der Waals surface area (Å²) in [4.78, 5) is 13.9. The summed E-state index contributed by atoms with van der Waals surface area (Å²) in [6, 6.07) is 2.07. The lowest BCUT2D eigenvalue weighted by molar-refractivity contribution is -0.133. The fourth-order valence-corrected chi connectivity index (χ4v) is 1.97. The summed E-state index contributed by atoms with van der Waals surface area (Å²) in [6.45, 7) is 6.39. The van der Waals surface area contributed by atoms with Crippen LogP contribution in [0.4, 0.5) is 0 Å². The lowest BCUT2D eigenvalue weighted by Gasteiger charge is -2.33. The van der Waals surface area contributed by atoms with E-state index in [0.717, 1.165) is 25.4 Å². The van der Waals surface area contributed by atoms with Gasteiger partial charge in [-0.3, -0.25) is 4.79 Å². The second-order valence-corrected chi connectivity index (χ2v) is 4.25. The van der Waals surface area contributed by atoms with Crippen molar-refractivity contribution in [3.05, 3.63) is 17.5 Å². The zero-order valence-electron chi connectivity index (χ0n) is 9.69. The minimum absolute atomic E-state index is 0.127. The molecule has 2 heterocycles. The first-order valence-electron chi connectivity index (χ1n) is 5.59. The quantitative estimate of drug-likeness (QED) is 0.785. The number of aryl methyl sites for hydroxylation is 1. The maximum Gasteiger partial charge on any atom is 0.229 e. The molecule has 88 valence electrons. The minimum atomic E-state index is 0.127. The topological polar surface area (TPSA) is 58.4 Å². The van der Waals surface area contributed by atoms with Crippen LogP contribution in [0.5, 0.6) is 0 Å². The van der Waals surface area contributed by atoms with Crippen molar-refractivity contribution in [2.75, 3.05) is 19.6 Å². The van der Waals surface area contributed by atoms with E-state index in [9.17, 15) is 4.79 Å². The number of hydrogen-bond acceptors (Lipinski definition) is 4. The third kappa shape index (κ3) is 2.41. The van der Waals surface area contributed by atoms with Crippen molar-refractivity contribution >= 4 is 5.91 Å². The van der Waals surface area contributed by atoms with E-state index in [0.29, 0.717) is 12.1 Å². The van der Waals surface area contributed by atoms with Crippen molar-refractivity contribution in [3.8, 4) is 0 Å². The van der Waals surface area contributed by atoms with Gasteiger partial charge in [0, 0.05) is 31.7 Å². The molecule has 2 rings (SSSR count). The maximum atomic E-state index is 12.0. The Morgan fingerprint density at radius 3 is 3.19 bits per heavy atom. The van der Waals surface area contributed by atoms with Crippen LogP contribution in [0.2, 0.25) is 0 Å². The highest BCUT2D eigenvalue weighted by Crippen LogP contribution is 2.08. The summed E-state index contributed by atoms with van der Waals surface area (Å²) in [7, 11) is 0. The van der Waals surface area contributed by atoms with Gasteiger partial charge in [0.2, 0.25) is 5.91 Å². The molecule has 1 N–H and O–H groups in total. The number of carbonyl (C=O) groups excluding carboxylic acids is 1. The van der Waals surface area contributed by atoms with Crippen molar-refractivity contribution in [1.29, 1.82) is 0 Å². The molecule has 0 aliphatic carbocycles. The molecule has 0 bridgehead atoms. The molecular formula is C11H17N3O2. The molecule has 5 heteroatoms. The van der Waals surface area contributed by atoms with Gasteiger partial charge in [0.15, 0.2) is 0 Å². The van der Waals surface area contributed by atoms with E-state index in [1.807, 2.05) is 17.9 Å². The minimum Gasteiger partial charge on any atom is -0.361 e. The molecule has 1 amide bonds. The van der Waals surface area contributed by atoms with E-state index in [1.54, 1.807) is 0 Å². The Labute approximate surface area is 94.8 Å². The summed E-state index contributed by atoms with van der Waals surface area (Å²) < 4.78 is 4.95. The van der Waals surface area contributed by atoms with Gasteiger partial charge in [0.1, 0.15) is 5.76 Å². The summed E-state index contributed by atoms with van der Waals surface area (Å²) in [6.07, 6.45) is 0.335. The molecule has 1 fully saturated rings. The SMILES string of the molecule is Cc1cc(CC(=O)N2CCNC[C@@H]2C)no1. The molecule has 1 aliphatic rings. The average Bonchev–Trinajstić information content (AvgIpc) is 2.64. The molecule has 16 heavy (non-hydrogen) atoms. The van der Waals surface area contributed by atoms with E-state index in [1.165, 1.54) is 0 Å². The smallest absolute Gasteiger partial charge is 0.229 e. The second kappa shape index (κ2) is 4.65. The molecule has 0 unspecified atom stereocenters. The third-order valence-electron chi connectivity index (χ3n) is 2.83. The molecule has 1 aliphatic heterocycles. The third-order valence-corrected chi connectivity index (χ3v) is 2.83. The Balaban J connectivity index is 1.96. The summed E-state index contributed by atoms with van der Waals surface area (Å²) in [5, 5.41) is 7.10. The second-order valence-electron chi connectivity index (χ2n) is 4.25. The number of nitrogens with one attached hydrogen (secondary N) is 1. The lowest BCUT2D eigenvalue weighted by atomic mass is 10.2.